The lowest BCUT2D eigenvalue weighted by Crippen LogP contribution is -2.46. The number of nitrogens with zero attached hydrogens (tertiary/aromatic N) is 3. The molecule has 156 valence electrons. The number of aromatic nitrogens is 2. The first kappa shape index (κ1) is 21.0. The van der Waals surface area contributed by atoms with Crippen molar-refractivity contribution in [3.8, 4) is 0 Å². The third kappa shape index (κ3) is 5.22. The molecular formula is C19H26N6O3S. The lowest BCUT2D eigenvalue weighted by molar-refractivity contribution is 0.0389. The van der Waals surface area contributed by atoms with Crippen LogP contribution in [0.1, 0.15) is 5.56 Å². The van der Waals surface area contributed by atoms with Gasteiger partial charge in [-0.05, 0) is 17.8 Å². The number of morpholine rings is 1. The number of nitrogens with one attached hydrogen (secondary N) is 2. The van der Waals surface area contributed by atoms with Crippen LogP contribution >= 0.6 is 12.2 Å². The zero-order chi connectivity index (χ0) is 20.8. The summed E-state index contributed by atoms with van der Waals surface area (Å²) in [5.41, 5.74) is 6.12. The van der Waals surface area contributed by atoms with Gasteiger partial charge in [0.05, 0.1) is 19.8 Å². The number of ether oxygens (including phenoxy) is 1. The van der Waals surface area contributed by atoms with Crippen molar-refractivity contribution in [1.82, 2.24) is 19.8 Å². The number of thiocarbonyl (C=S) groups is 1. The first-order valence-electron chi connectivity index (χ1n) is 9.45. The third-order valence-corrected chi connectivity index (χ3v) is 5.26. The molecule has 0 aliphatic carbocycles. The van der Waals surface area contributed by atoms with Gasteiger partial charge in [0, 0.05) is 33.2 Å². The fraction of sp³-hybridized carbons (Fsp3) is 0.421. The average Bonchev–Trinajstić information content (AvgIpc) is 2.72. The van der Waals surface area contributed by atoms with Crippen LogP contribution in [-0.4, -0.2) is 66.0 Å². The molecule has 1 fully saturated rings. The quantitative estimate of drug-likeness (QED) is 0.554. The molecule has 1 aliphatic rings. The maximum Gasteiger partial charge on any atom is 0.330 e. The highest BCUT2D eigenvalue weighted by Gasteiger charge is 2.19. The van der Waals surface area contributed by atoms with Gasteiger partial charge in [0.25, 0.3) is 5.56 Å². The summed E-state index contributed by atoms with van der Waals surface area (Å²) in [6.07, 6.45) is 0. The van der Waals surface area contributed by atoms with Gasteiger partial charge in [0.15, 0.2) is 5.11 Å². The molecular weight excluding hydrogens is 392 g/mol. The first-order valence-corrected chi connectivity index (χ1v) is 9.86. The number of anilines is 2. The molecule has 10 heteroatoms. The Hall–Kier alpha value is -2.69. The van der Waals surface area contributed by atoms with E-state index >= 15 is 0 Å². The highest BCUT2D eigenvalue weighted by Crippen LogP contribution is 2.16. The summed E-state index contributed by atoms with van der Waals surface area (Å²) in [6.45, 7) is 4.95. The van der Waals surface area contributed by atoms with Crippen LogP contribution < -0.4 is 27.2 Å². The molecule has 3 rings (SSSR count). The molecule has 1 aromatic heterocycles. The van der Waals surface area contributed by atoms with E-state index in [-0.39, 0.29) is 18.1 Å². The molecule has 9 nitrogen and oxygen atoms in total. The number of rotatable bonds is 6. The van der Waals surface area contributed by atoms with E-state index in [1.165, 1.54) is 9.47 Å². The molecule has 0 radical (unpaired) electrons. The van der Waals surface area contributed by atoms with Gasteiger partial charge in [0.1, 0.15) is 11.5 Å². The van der Waals surface area contributed by atoms with Crippen molar-refractivity contribution in [3.63, 3.8) is 0 Å². The lowest BCUT2D eigenvalue weighted by atomic mass is 10.2. The minimum atomic E-state index is -0.573. The second-order valence-electron chi connectivity index (χ2n) is 6.81. The maximum absolute atomic E-state index is 12.4. The van der Waals surface area contributed by atoms with Crippen LogP contribution in [0.3, 0.4) is 0 Å². The number of hydrogen-bond donors (Lipinski definition) is 3. The molecule has 0 bridgehead atoms. The van der Waals surface area contributed by atoms with E-state index < -0.39 is 11.2 Å². The maximum atomic E-state index is 12.4. The minimum absolute atomic E-state index is 0.0717. The minimum Gasteiger partial charge on any atom is -0.383 e. The van der Waals surface area contributed by atoms with Gasteiger partial charge in [-0.3, -0.25) is 19.2 Å². The summed E-state index contributed by atoms with van der Waals surface area (Å²) < 4.78 is 6.67. The molecule has 2 heterocycles. The van der Waals surface area contributed by atoms with E-state index in [2.05, 4.69) is 15.2 Å². The molecule has 4 N–H and O–H groups in total. The fourth-order valence-electron chi connectivity index (χ4n) is 3.19. The van der Waals surface area contributed by atoms with Gasteiger partial charge in [-0.2, -0.15) is 0 Å². The average molecular weight is 419 g/mol. The normalized spacial score (nSPS) is 14.5. The van der Waals surface area contributed by atoms with Crippen LogP contribution in [-0.2, 0) is 11.3 Å². The molecule has 0 saturated carbocycles. The zero-order valence-electron chi connectivity index (χ0n) is 16.4. The van der Waals surface area contributed by atoms with E-state index in [1.54, 1.807) is 7.05 Å². The zero-order valence-corrected chi connectivity index (χ0v) is 17.2. The summed E-state index contributed by atoms with van der Waals surface area (Å²) >= 11 is 5.43. The Morgan fingerprint density at radius 2 is 1.97 bits per heavy atom. The number of hydrogen-bond acceptors (Lipinski definition) is 6. The predicted molar refractivity (Wildman–Crippen MR) is 118 cm³/mol. The number of nitrogen functional groups attached to an aromatic ring is 1. The lowest BCUT2D eigenvalue weighted by Gasteiger charge is -2.28. The molecule has 2 aromatic rings. The Kier molecular flexibility index (Phi) is 7.02. The molecule has 29 heavy (non-hydrogen) atoms. The molecule has 1 saturated heterocycles. The van der Waals surface area contributed by atoms with Gasteiger partial charge in [0.2, 0.25) is 0 Å². The highest BCUT2D eigenvalue weighted by molar-refractivity contribution is 7.80. The molecule has 0 unspecified atom stereocenters. The molecule has 1 aromatic carbocycles. The van der Waals surface area contributed by atoms with E-state index in [0.717, 1.165) is 38.4 Å². The van der Waals surface area contributed by atoms with Gasteiger partial charge in [-0.25, -0.2) is 4.79 Å². The van der Waals surface area contributed by atoms with Gasteiger partial charge in [-0.15, -0.1) is 0 Å². The van der Waals surface area contributed by atoms with Crippen molar-refractivity contribution in [2.45, 2.75) is 6.54 Å². The van der Waals surface area contributed by atoms with Crippen LogP contribution in [0.2, 0.25) is 0 Å². The Balaban J connectivity index is 1.72. The van der Waals surface area contributed by atoms with Crippen molar-refractivity contribution in [2.24, 2.45) is 0 Å². The monoisotopic (exact) mass is 418 g/mol. The van der Waals surface area contributed by atoms with Crippen molar-refractivity contribution in [1.29, 1.82) is 0 Å². The molecule has 1 aliphatic heterocycles. The topological polar surface area (TPSA) is 109 Å². The van der Waals surface area contributed by atoms with Crippen LogP contribution in [0.5, 0.6) is 0 Å². The summed E-state index contributed by atoms with van der Waals surface area (Å²) in [4.78, 5) is 30.8. The highest BCUT2D eigenvalue weighted by atomic mass is 32.1. The largest absolute Gasteiger partial charge is 0.383 e. The number of benzene rings is 1. The van der Waals surface area contributed by atoms with Crippen LogP contribution in [0, 0.1) is 0 Å². The molecule has 0 spiro atoms. The second kappa shape index (κ2) is 9.68. The van der Waals surface area contributed by atoms with E-state index in [1.807, 2.05) is 30.3 Å². The van der Waals surface area contributed by atoms with Gasteiger partial charge >= 0.3 is 5.69 Å². The van der Waals surface area contributed by atoms with Gasteiger partial charge < -0.3 is 20.7 Å². The van der Waals surface area contributed by atoms with Crippen LogP contribution in [0.4, 0.5) is 11.5 Å². The van der Waals surface area contributed by atoms with E-state index in [9.17, 15) is 9.59 Å². The van der Waals surface area contributed by atoms with Crippen LogP contribution in [0.15, 0.2) is 39.9 Å². The third-order valence-electron chi connectivity index (χ3n) is 4.85. The number of H-pyrrole nitrogens is 1. The Morgan fingerprint density at radius 3 is 2.66 bits per heavy atom. The smallest absolute Gasteiger partial charge is 0.330 e. The van der Waals surface area contributed by atoms with Gasteiger partial charge in [-0.1, -0.05) is 30.3 Å². The molecule has 0 amide bonds. The fourth-order valence-corrected chi connectivity index (χ4v) is 3.38. The summed E-state index contributed by atoms with van der Waals surface area (Å²) in [7, 11) is 1.66. The second-order valence-corrected chi connectivity index (χ2v) is 7.20. The predicted octanol–water partition coefficient (Wildman–Crippen LogP) is -0.190. The van der Waals surface area contributed by atoms with E-state index in [0.29, 0.717) is 11.7 Å². The summed E-state index contributed by atoms with van der Waals surface area (Å²) in [5.74, 6) is 0.0717. The number of aromatic amines is 1. The van der Waals surface area contributed by atoms with Crippen LogP contribution in [0.25, 0.3) is 0 Å². The van der Waals surface area contributed by atoms with Crippen molar-refractivity contribution < 1.29 is 4.74 Å². The summed E-state index contributed by atoms with van der Waals surface area (Å²) in [6, 6.07) is 9.42. The first-order chi connectivity index (χ1) is 14.0. The van der Waals surface area contributed by atoms with E-state index in [4.69, 9.17) is 22.7 Å². The number of nitrogens with two attached hydrogens (primary N) is 1. The standard InChI is InChI=1S/C19H26N6O3S/c1-23(19(29)21-7-8-24-9-11-28-12-10-24)15-16(20)25(18(27)22-17(15)26)13-14-5-3-2-4-6-14/h2-6H,7-13,20H2,1H3,(H,21,29)(H,22,26,27). The Bertz CT molecular complexity index is 953. The molecule has 0 atom stereocenters. The van der Waals surface area contributed by atoms with Crippen molar-refractivity contribution in [3.05, 3.63) is 56.7 Å². The Morgan fingerprint density at radius 1 is 1.28 bits per heavy atom. The van der Waals surface area contributed by atoms with Crippen molar-refractivity contribution in [2.75, 3.05) is 57.1 Å². The SMILES string of the molecule is CN(C(=S)NCCN1CCOCC1)c1c(N)n(Cc2ccccc2)c(=O)[nH]c1=O. The van der Waals surface area contributed by atoms with Crippen molar-refractivity contribution >= 4 is 28.8 Å². The Labute approximate surface area is 174 Å². The summed E-state index contributed by atoms with van der Waals surface area (Å²) in [5, 5.41) is 3.51.